The minimum absolute atomic E-state index is 0.0743. The number of carbonyl (C=O) groups excluding carboxylic acids is 2. The number of fused-ring (bicyclic) bond motifs is 1. The summed E-state index contributed by atoms with van der Waals surface area (Å²) in [5, 5.41) is 10.9. The van der Waals surface area contributed by atoms with Gasteiger partial charge >= 0.3 is 0 Å². The first-order chi connectivity index (χ1) is 18.4. The van der Waals surface area contributed by atoms with E-state index >= 15 is 0 Å². The number of primary amides is 1. The van der Waals surface area contributed by atoms with Crippen LogP contribution < -0.4 is 16.4 Å². The predicted octanol–water partition coefficient (Wildman–Crippen LogP) is 4.83. The fraction of sp³-hybridized carbons (Fsp3) is 0.321. The van der Waals surface area contributed by atoms with Crippen molar-refractivity contribution in [3.05, 3.63) is 76.6 Å². The fourth-order valence-electron chi connectivity index (χ4n) is 5.17. The van der Waals surface area contributed by atoms with Crippen molar-refractivity contribution in [3.63, 3.8) is 0 Å². The summed E-state index contributed by atoms with van der Waals surface area (Å²) < 4.78 is 15.5. The van der Waals surface area contributed by atoms with Gasteiger partial charge in [0, 0.05) is 36.0 Å². The van der Waals surface area contributed by atoms with E-state index in [2.05, 4.69) is 15.5 Å². The van der Waals surface area contributed by atoms with Crippen molar-refractivity contribution < 1.29 is 14.0 Å². The highest BCUT2D eigenvalue weighted by Gasteiger charge is 2.31. The second-order valence-electron chi connectivity index (χ2n) is 9.58. The zero-order chi connectivity index (χ0) is 26.6. The van der Waals surface area contributed by atoms with Gasteiger partial charge in [-0.15, -0.1) is 0 Å². The molecule has 1 atom stereocenters. The number of likely N-dealkylation sites (tertiary alicyclic amines) is 1. The lowest BCUT2D eigenvalue weighted by molar-refractivity contribution is -0.111. The first-order valence-electron chi connectivity index (χ1n) is 12.8. The Hall–Kier alpha value is -3.69. The molecule has 2 amide bonds. The molecule has 0 radical (unpaired) electrons. The topological polar surface area (TPSA) is 105 Å². The van der Waals surface area contributed by atoms with Crippen LogP contribution in [0, 0.1) is 5.82 Å². The third-order valence-electron chi connectivity index (χ3n) is 7.01. The maximum atomic E-state index is 13.8. The molecule has 0 spiro atoms. The van der Waals surface area contributed by atoms with Gasteiger partial charge in [0.25, 0.3) is 5.91 Å². The van der Waals surface area contributed by atoms with Gasteiger partial charge in [0.15, 0.2) is 0 Å². The molecule has 38 heavy (non-hydrogen) atoms. The van der Waals surface area contributed by atoms with Gasteiger partial charge in [-0.05, 0) is 56.6 Å². The summed E-state index contributed by atoms with van der Waals surface area (Å²) in [5.74, 6) is -0.948. The highest BCUT2D eigenvalue weighted by molar-refractivity contribution is 6.31. The Morgan fingerprint density at radius 1 is 1.18 bits per heavy atom. The zero-order valence-corrected chi connectivity index (χ0v) is 21.7. The third-order valence-corrected chi connectivity index (χ3v) is 7.30. The average Bonchev–Trinajstić information content (AvgIpc) is 3.31. The minimum atomic E-state index is -0.657. The summed E-state index contributed by atoms with van der Waals surface area (Å²) in [6.07, 6.45) is 7.81. The molecule has 8 nitrogen and oxygen atoms in total. The van der Waals surface area contributed by atoms with Crippen LogP contribution in [0.1, 0.15) is 47.6 Å². The van der Waals surface area contributed by atoms with Crippen LogP contribution in [-0.4, -0.2) is 52.7 Å². The number of aromatic nitrogens is 2. The fourth-order valence-corrected chi connectivity index (χ4v) is 5.35. The number of rotatable bonds is 7. The van der Waals surface area contributed by atoms with Crippen LogP contribution in [0.2, 0.25) is 5.02 Å². The molecule has 2 aromatic carbocycles. The summed E-state index contributed by atoms with van der Waals surface area (Å²) in [4.78, 5) is 27.6. The first-order valence-corrected chi connectivity index (χ1v) is 13.2. The van der Waals surface area contributed by atoms with E-state index in [9.17, 15) is 14.0 Å². The molecule has 4 N–H and O–H groups in total. The van der Waals surface area contributed by atoms with E-state index in [1.54, 1.807) is 10.8 Å². The molecular formula is C28H30ClFN6O2. The number of nitrogens with two attached hydrogens (primary N) is 1. The van der Waals surface area contributed by atoms with E-state index in [4.69, 9.17) is 22.4 Å². The van der Waals surface area contributed by atoms with Gasteiger partial charge < -0.3 is 16.4 Å². The number of piperidine rings is 1. The Labute approximate surface area is 225 Å². The lowest BCUT2D eigenvalue weighted by Crippen LogP contribution is -2.29. The molecular weight excluding hydrogens is 507 g/mol. The highest BCUT2D eigenvalue weighted by atomic mass is 35.5. The van der Waals surface area contributed by atoms with E-state index in [0.29, 0.717) is 35.7 Å². The molecule has 1 aromatic heterocycles. The van der Waals surface area contributed by atoms with E-state index < -0.39 is 11.7 Å². The van der Waals surface area contributed by atoms with Gasteiger partial charge in [-0.3, -0.25) is 14.5 Å². The van der Waals surface area contributed by atoms with Gasteiger partial charge in [0.05, 0.1) is 11.1 Å². The van der Waals surface area contributed by atoms with Crippen molar-refractivity contribution in [2.24, 2.45) is 5.73 Å². The van der Waals surface area contributed by atoms with Gasteiger partial charge in [-0.25, -0.2) is 9.07 Å². The van der Waals surface area contributed by atoms with Gasteiger partial charge in [0.2, 0.25) is 5.91 Å². The maximum Gasteiger partial charge on any atom is 0.254 e. The summed E-state index contributed by atoms with van der Waals surface area (Å²) in [6.45, 7) is 3.45. The number of nitrogens with one attached hydrogen (secondary N) is 2. The van der Waals surface area contributed by atoms with Gasteiger partial charge in [0.1, 0.15) is 22.9 Å². The minimum Gasteiger partial charge on any atom is -0.369 e. The lowest BCUT2D eigenvalue weighted by Gasteiger charge is -2.28. The molecule has 198 valence electrons. The molecule has 2 aliphatic heterocycles. The summed E-state index contributed by atoms with van der Waals surface area (Å²) in [7, 11) is 0. The smallest absolute Gasteiger partial charge is 0.254 e. The molecule has 1 saturated heterocycles. The molecule has 3 heterocycles. The number of para-hydroxylation sites is 1. The van der Waals surface area contributed by atoms with E-state index in [-0.39, 0.29) is 22.5 Å². The predicted molar refractivity (Wildman–Crippen MR) is 147 cm³/mol. The number of amides is 2. The molecule has 1 unspecified atom stereocenters. The van der Waals surface area contributed by atoms with Crippen LogP contribution in [0.25, 0.3) is 11.3 Å². The second kappa shape index (κ2) is 11.4. The van der Waals surface area contributed by atoms with Crippen LogP contribution in [0.5, 0.6) is 0 Å². The standard InChI is InChI=1S/C28H30ClFN6O2/c29-20-17-18(10-11-21(20)30)26-25(27(31)38)28-32-13-12-23(36(28)34-26)19-7-2-3-8-22(19)33-24(37)9-6-16-35-14-4-1-5-15-35/h2-3,6-11,17,23,32H,1,4-5,12-16H2,(H2,31,38)(H,33,37). The number of nitrogens with zero attached hydrogens (tertiary/aromatic N) is 3. The normalized spacial score (nSPS) is 17.7. The molecule has 10 heteroatoms. The largest absolute Gasteiger partial charge is 0.369 e. The quantitative estimate of drug-likeness (QED) is 0.375. The van der Waals surface area contributed by atoms with Gasteiger partial charge in [-0.2, -0.15) is 5.10 Å². The van der Waals surface area contributed by atoms with Crippen molar-refractivity contribution in [2.45, 2.75) is 31.7 Å². The van der Waals surface area contributed by atoms with Crippen LogP contribution >= 0.6 is 11.6 Å². The number of anilines is 2. The number of hydrogen-bond acceptors (Lipinski definition) is 5. The van der Waals surface area contributed by atoms with E-state index in [0.717, 1.165) is 25.2 Å². The summed E-state index contributed by atoms with van der Waals surface area (Å²) >= 11 is 6.01. The molecule has 2 aliphatic rings. The second-order valence-corrected chi connectivity index (χ2v) is 9.99. The third kappa shape index (κ3) is 5.44. The average molecular weight is 537 g/mol. The number of halogens is 2. The zero-order valence-electron chi connectivity index (χ0n) is 20.9. The monoisotopic (exact) mass is 536 g/mol. The molecule has 0 bridgehead atoms. The Kier molecular flexibility index (Phi) is 7.76. The number of benzene rings is 2. The van der Waals surface area contributed by atoms with Crippen LogP contribution in [0.3, 0.4) is 0 Å². The van der Waals surface area contributed by atoms with Crippen molar-refractivity contribution in [1.82, 2.24) is 14.7 Å². The molecule has 0 aliphatic carbocycles. The summed E-state index contributed by atoms with van der Waals surface area (Å²) in [6, 6.07) is 11.5. The number of carbonyl (C=O) groups is 2. The molecule has 1 fully saturated rings. The highest BCUT2D eigenvalue weighted by Crippen LogP contribution is 2.39. The Morgan fingerprint density at radius 2 is 1.97 bits per heavy atom. The van der Waals surface area contributed by atoms with Crippen LogP contribution in [-0.2, 0) is 4.79 Å². The molecule has 3 aromatic rings. The van der Waals surface area contributed by atoms with Crippen molar-refractivity contribution in [3.8, 4) is 11.3 Å². The van der Waals surface area contributed by atoms with Crippen LogP contribution in [0.4, 0.5) is 15.9 Å². The Morgan fingerprint density at radius 3 is 2.74 bits per heavy atom. The number of hydrogen-bond donors (Lipinski definition) is 3. The SMILES string of the molecule is NC(=O)c1c(-c2ccc(F)c(Cl)c2)nn2c1NCCC2c1ccccc1NC(=O)C=CCN1CCCCC1. The van der Waals surface area contributed by atoms with Crippen LogP contribution in [0.15, 0.2) is 54.6 Å². The molecule has 5 rings (SSSR count). The van der Waals surface area contributed by atoms with E-state index in [1.165, 1.54) is 37.5 Å². The lowest BCUT2D eigenvalue weighted by atomic mass is 9.99. The summed E-state index contributed by atoms with van der Waals surface area (Å²) in [5.41, 5.74) is 8.29. The van der Waals surface area contributed by atoms with Crippen molar-refractivity contribution in [1.29, 1.82) is 0 Å². The Bertz CT molecular complexity index is 1380. The maximum absolute atomic E-state index is 13.8. The first kappa shape index (κ1) is 25.9. The molecule has 0 saturated carbocycles. The van der Waals surface area contributed by atoms with E-state index in [1.807, 2.05) is 30.3 Å². The Balaban J connectivity index is 1.43. The van der Waals surface area contributed by atoms with Gasteiger partial charge in [-0.1, -0.05) is 42.3 Å². The van der Waals surface area contributed by atoms with Crippen molar-refractivity contribution in [2.75, 3.05) is 36.8 Å². The van der Waals surface area contributed by atoms with Crippen molar-refractivity contribution >= 4 is 34.9 Å².